The van der Waals surface area contributed by atoms with Crippen LogP contribution >= 0.6 is 0 Å². The summed E-state index contributed by atoms with van der Waals surface area (Å²) in [7, 11) is 3.70. The standard InChI is InChI=1S/C17H30N2O2/c1-15(2)14-19(8-10-20-4)9-11-21-17-7-5-6-16(12-17)13-18-3/h5-7,12,15,18H,8-11,13-14H2,1-4H3. The zero-order valence-electron chi connectivity index (χ0n) is 13.9. The molecule has 0 spiro atoms. The van der Waals surface area contributed by atoms with Crippen molar-refractivity contribution in [2.75, 3.05) is 47.0 Å². The summed E-state index contributed by atoms with van der Waals surface area (Å²) in [5.74, 6) is 1.60. The second-order valence-electron chi connectivity index (χ2n) is 5.71. The third kappa shape index (κ3) is 8.05. The van der Waals surface area contributed by atoms with Crippen LogP contribution in [-0.2, 0) is 11.3 Å². The Kier molecular flexibility index (Phi) is 9.06. The molecule has 0 bridgehead atoms. The average molecular weight is 294 g/mol. The largest absolute Gasteiger partial charge is 0.492 e. The van der Waals surface area contributed by atoms with Gasteiger partial charge in [0.25, 0.3) is 0 Å². The summed E-state index contributed by atoms with van der Waals surface area (Å²) in [6.45, 7) is 9.78. The fraction of sp³-hybridized carbons (Fsp3) is 0.647. The molecule has 0 heterocycles. The van der Waals surface area contributed by atoms with Gasteiger partial charge in [0.15, 0.2) is 0 Å². The summed E-state index contributed by atoms with van der Waals surface area (Å²) < 4.78 is 11.0. The molecule has 1 rings (SSSR count). The van der Waals surface area contributed by atoms with Gasteiger partial charge in [0.2, 0.25) is 0 Å². The van der Waals surface area contributed by atoms with Crippen molar-refractivity contribution in [2.24, 2.45) is 5.92 Å². The Bertz CT molecular complexity index is 383. The molecule has 4 nitrogen and oxygen atoms in total. The van der Waals surface area contributed by atoms with Crippen LogP contribution in [0.3, 0.4) is 0 Å². The molecule has 0 aliphatic rings. The molecule has 0 atom stereocenters. The third-order valence-electron chi connectivity index (χ3n) is 3.19. The molecule has 0 aliphatic heterocycles. The van der Waals surface area contributed by atoms with E-state index in [4.69, 9.17) is 9.47 Å². The SMILES string of the molecule is CNCc1cccc(OCCN(CCOC)CC(C)C)c1. The minimum atomic E-state index is 0.654. The van der Waals surface area contributed by atoms with E-state index in [1.165, 1.54) is 5.56 Å². The molecular weight excluding hydrogens is 264 g/mol. The number of benzene rings is 1. The monoisotopic (exact) mass is 294 g/mol. The molecule has 0 aliphatic carbocycles. The maximum absolute atomic E-state index is 5.87. The van der Waals surface area contributed by atoms with Crippen LogP contribution in [0.4, 0.5) is 0 Å². The Labute approximate surface area is 129 Å². The molecule has 0 aromatic heterocycles. The number of hydrogen-bond acceptors (Lipinski definition) is 4. The predicted octanol–water partition coefficient (Wildman–Crippen LogP) is 2.39. The molecule has 1 aromatic rings. The lowest BCUT2D eigenvalue weighted by atomic mass is 10.2. The second-order valence-corrected chi connectivity index (χ2v) is 5.71. The lowest BCUT2D eigenvalue weighted by molar-refractivity contribution is 0.127. The van der Waals surface area contributed by atoms with Gasteiger partial charge < -0.3 is 14.8 Å². The molecule has 1 N–H and O–H groups in total. The molecule has 4 heteroatoms. The molecule has 0 radical (unpaired) electrons. The first-order valence-corrected chi connectivity index (χ1v) is 7.73. The quantitative estimate of drug-likeness (QED) is 0.679. The van der Waals surface area contributed by atoms with E-state index in [1.54, 1.807) is 7.11 Å². The molecule has 0 saturated heterocycles. The topological polar surface area (TPSA) is 33.7 Å². The molecule has 0 unspecified atom stereocenters. The number of rotatable bonds is 11. The second kappa shape index (κ2) is 10.6. The molecule has 0 saturated carbocycles. The van der Waals surface area contributed by atoms with Gasteiger partial charge in [-0.2, -0.15) is 0 Å². The van der Waals surface area contributed by atoms with Crippen LogP contribution in [0.15, 0.2) is 24.3 Å². The summed E-state index contributed by atoms with van der Waals surface area (Å²) in [5, 5.41) is 3.15. The van der Waals surface area contributed by atoms with Gasteiger partial charge in [-0.1, -0.05) is 26.0 Å². The highest BCUT2D eigenvalue weighted by Gasteiger charge is 2.07. The van der Waals surface area contributed by atoms with Crippen LogP contribution in [0.2, 0.25) is 0 Å². The van der Waals surface area contributed by atoms with Gasteiger partial charge in [0.1, 0.15) is 12.4 Å². The van der Waals surface area contributed by atoms with Crippen molar-refractivity contribution in [3.63, 3.8) is 0 Å². The molecule has 120 valence electrons. The molecular formula is C17H30N2O2. The van der Waals surface area contributed by atoms with Crippen molar-refractivity contribution in [2.45, 2.75) is 20.4 Å². The minimum Gasteiger partial charge on any atom is -0.492 e. The number of ether oxygens (including phenoxy) is 2. The van der Waals surface area contributed by atoms with E-state index in [9.17, 15) is 0 Å². The van der Waals surface area contributed by atoms with Gasteiger partial charge in [-0.3, -0.25) is 4.90 Å². The minimum absolute atomic E-state index is 0.654. The van der Waals surface area contributed by atoms with Crippen LogP contribution in [0.25, 0.3) is 0 Å². The van der Waals surface area contributed by atoms with Crippen LogP contribution in [0, 0.1) is 5.92 Å². The zero-order chi connectivity index (χ0) is 15.5. The van der Waals surface area contributed by atoms with Gasteiger partial charge in [-0.25, -0.2) is 0 Å². The van der Waals surface area contributed by atoms with Crippen molar-refractivity contribution in [1.82, 2.24) is 10.2 Å². The Morgan fingerprint density at radius 1 is 1.19 bits per heavy atom. The summed E-state index contributed by atoms with van der Waals surface area (Å²) in [6.07, 6.45) is 0. The van der Waals surface area contributed by atoms with Crippen molar-refractivity contribution < 1.29 is 9.47 Å². The number of hydrogen-bond donors (Lipinski definition) is 1. The van der Waals surface area contributed by atoms with Crippen LogP contribution in [0.1, 0.15) is 19.4 Å². The summed E-state index contributed by atoms with van der Waals surface area (Å²) in [4.78, 5) is 2.39. The Morgan fingerprint density at radius 3 is 2.62 bits per heavy atom. The van der Waals surface area contributed by atoms with E-state index in [2.05, 4.69) is 36.2 Å². The highest BCUT2D eigenvalue weighted by molar-refractivity contribution is 5.28. The first-order valence-electron chi connectivity index (χ1n) is 7.73. The van der Waals surface area contributed by atoms with Crippen LogP contribution < -0.4 is 10.1 Å². The summed E-state index contributed by atoms with van der Waals surface area (Å²) in [6, 6.07) is 8.26. The summed E-state index contributed by atoms with van der Waals surface area (Å²) in [5.41, 5.74) is 1.24. The lowest BCUT2D eigenvalue weighted by Crippen LogP contribution is -2.34. The van der Waals surface area contributed by atoms with Crippen LogP contribution in [0.5, 0.6) is 5.75 Å². The maximum atomic E-state index is 5.87. The molecule has 0 fully saturated rings. The molecule has 1 aromatic carbocycles. The maximum Gasteiger partial charge on any atom is 0.119 e. The van der Waals surface area contributed by atoms with E-state index in [-0.39, 0.29) is 0 Å². The Hall–Kier alpha value is -1.10. The van der Waals surface area contributed by atoms with Gasteiger partial charge in [-0.15, -0.1) is 0 Å². The smallest absolute Gasteiger partial charge is 0.119 e. The van der Waals surface area contributed by atoms with Crippen LogP contribution in [-0.4, -0.2) is 51.9 Å². The van der Waals surface area contributed by atoms with Crippen molar-refractivity contribution in [1.29, 1.82) is 0 Å². The number of nitrogens with one attached hydrogen (secondary N) is 1. The molecule has 21 heavy (non-hydrogen) atoms. The van der Waals surface area contributed by atoms with E-state index in [0.29, 0.717) is 12.5 Å². The van der Waals surface area contributed by atoms with Gasteiger partial charge >= 0.3 is 0 Å². The zero-order valence-corrected chi connectivity index (χ0v) is 13.9. The number of methoxy groups -OCH3 is 1. The predicted molar refractivity (Wildman–Crippen MR) is 87.9 cm³/mol. The van der Waals surface area contributed by atoms with E-state index in [1.807, 2.05) is 19.2 Å². The Balaban J connectivity index is 2.39. The van der Waals surface area contributed by atoms with E-state index in [0.717, 1.165) is 38.5 Å². The van der Waals surface area contributed by atoms with Crippen molar-refractivity contribution >= 4 is 0 Å². The highest BCUT2D eigenvalue weighted by atomic mass is 16.5. The third-order valence-corrected chi connectivity index (χ3v) is 3.19. The highest BCUT2D eigenvalue weighted by Crippen LogP contribution is 2.13. The average Bonchev–Trinajstić information content (AvgIpc) is 2.45. The van der Waals surface area contributed by atoms with Gasteiger partial charge in [0, 0.05) is 33.3 Å². The van der Waals surface area contributed by atoms with Gasteiger partial charge in [0.05, 0.1) is 6.61 Å². The lowest BCUT2D eigenvalue weighted by Gasteiger charge is -2.23. The van der Waals surface area contributed by atoms with Crippen molar-refractivity contribution in [3.8, 4) is 5.75 Å². The van der Waals surface area contributed by atoms with E-state index >= 15 is 0 Å². The van der Waals surface area contributed by atoms with Gasteiger partial charge in [-0.05, 0) is 30.7 Å². The molecule has 0 amide bonds. The first kappa shape index (κ1) is 18.0. The fourth-order valence-electron chi connectivity index (χ4n) is 2.27. The fourth-order valence-corrected chi connectivity index (χ4v) is 2.27. The normalized spacial score (nSPS) is 11.3. The van der Waals surface area contributed by atoms with Crippen molar-refractivity contribution in [3.05, 3.63) is 29.8 Å². The Morgan fingerprint density at radius 2 is 1.95 bits per heavy atom. The summed E-state index contributed by atoms with van der Waals surface area (Å²) >= 11 is 0. The number of nitrogens with zero attached hydrogens (tertiary/aromatic N) is 1. The van der Waals surface area contributed by atoms with E-state index < -0.39 is 0 Å². The first-order chi connectivity index (χ1) is 10.2.